The summed E-state index contributed by atoms with van der Waals surface area (Å²) in [6, 6.07) is 9.12. The summed E-state index contributed by atoms with van der Waals surface area (Å²) < 4.78 is 6.04. The van der Waals surface area contributed by atoms with Gasteiger partial charge in [0.15, 0.2) is 0 Å². The second-order valence-electron chi connectivity index (χ2n) is 6.67. The molecule has 1 aromatic carbocycles. The van der Waals surface area contributed by atoms with E-state index in [2.05, 4.69) is 57.3 Å². The standard InChI is InChI=1S/C16H25NO/c1-12-8-15(11-17-12)18-14-7-5-6-13(9-14)10-16(2,3)4/h5-7,9,12,15,17H,8,10-11H2,1-4H3. The van der Waals surface area contributed by atoms with Crippen molar-refractivity contribution < 1.29 is 4.74 Å². The predicted molar refractivity (Wildman–Crippen MR) is 76.1 cm³/mol. The van der Waals surface area contributed by atoms with Gasteiger partial charge in [0.05, 0.1) is 0 Å². The highest BCUT2D eigenvalue weighted by molar-refractivity contribution is 5.29. The first-order chi connectivity index (χ1) is 8.42. The number of nitrogens with one attached hydrogen (secondary N) is 1. The molecule has 0 aliphatic carbocycles. The molecular formula is C16H25NO. The van der Waals surface area contributed by atoms with Gasteiger partial charge in [-0.2, -0.15) is 0 Å². The molecule has 0 saturated carbocycles. The number of hydrogen-bond acceptors (Lipinski definition) is 2. The number of ether oxygens (including phenoxy) is 1. The summed E-state index contributed by atoms with van der Waals surface area (Å²) in [4.78, 5) is 0. The summed E-state index contributed by atoms with van der Waals surface area (Å²) in [6.07, 6.45) is 2.51. The van der Waals surface area contributed by atoms with E-state index in [1.54, 1.807) is 0 Å². The fourth-order valence-corrected chi connectivity index (χ4v) is 2.52. The second-order valence-corrected chi connectivity index (χ2v) is 6.67. The molecule has 1 saturated heterocycles. The van der Waals surface area contributed by atoms with Crippen molar-refractivity contribution in [3.8, 4) is 5.75 Å². The first-order valence-corrected chi connectivity index (χ1v) is 6.91. The largest absolute Gasteiger partial charge is 0.489 e. The lowest BCUT2D eigenvalue weighted by Gasteiger charge is -2.19. The highest BCUT2D eigenvalue weighted by Crippen LogP contribution is 2.24. The molecule has 0 bridgehead atoms. The minimum absolute atomic E-state index is 0.321. The Labute approximate surface area is 111 Å². The van der Waals surface area contributed by atoms with Crippen LogP contribution in [0, 0.1) is 5.41 Å². The van der Waals surface area contributed by atoms with E-state index in [9.17, 15) is 0 Å². The maximum Gasteiger partial charge on any atom is 0.120 e. The number of hydrogen-bond donors (Lipinski definition) is 1. The van der Waals surface area contributed by atoms with Gasteiger partial charge in [0.2, 0.25) is 0 Å². The van der Waals surface area contributed by atoms with Crippen LogP contribution in [0.25, 0.3) is 0 Å². The smallest absolute Gasteiger partial charge is 0.120 e. The van der Waals surface area contributed by atoms with E-state index in [0.29, 0.717) is 17.6 Å². The molecule has 18 heavy (non-hydrogen) atoms. The zero-order valence-electron chi connectivity index (χ0n) is 12.0. The summed E-state index contributed by atoms with van der Waals surface area (Å²) in [7, 11) is 0. The van der Waals surface area contributed by atoms with Gasteiger partial charge >= 0.3 is 0 Å². The Kier molecular flexibility index (Phi) is 3.96. The van der Waals surface area contributed by atoms with Crippen molar-refractivity contribution in [3.63, 3.8) is 0 Å². The Morgan fingerprint density at radius 2 is 2.11 bits per heavy atom. The molecule has 0 spiro atoms. The normalized spacial score (nSPS) is 24.2. The Hall–Kier alpha value is -1.02. The minimum atomic E-state index is 0.321. The third kappa shape index (κ3) is 4.02. The molecule has 1 heterocycles. The molecule has 0 radical (unpaired) electrons. The van der Waals surface area contributed by atoms with Crippen LogP contribution in [0.3, 0.4) is 0 Å². The monoisotopic (exact) mass is 247 g/mol. The minimum Gasteiger partial charge on any atom is -0.489 e. The van der Waals surface area contributed by atoms with Crippen molar-refractivity contribution in [3.05, 3.63) is 29.8 Å². The van der Waals surface area contributed by atoms with Crippen LogP contribution >= 0.6 is 0 Å². The zero-order valence-corrected chi connectivity index (χ0v) is 12.0. The van der Waals surface area contributed by atoms with Crippen LogP contribution in [0.4, 0.5) is 0 Å². The third-order valence-electron chi connectivity index (χ3n) is 3.25. The van der Waals surface area contributed by atoms with E-state index in [1.807, 2.05) is 0 Å². The molecule has 1 N–H and O–H groups in total. The van der Waals surface area contributed by atoms with Gasteiger partial charge in [0, 0.05) is 19.0 Å². The average molecular weight is 247 g/mol. The van der Waals surface area contributed by atoms with Crippen LogP contribution in [0.1, 0.15) is 39.7 Å². The first kappa shape index (κ1) is 13.4. The van der Waals surface area contributed by atoms with Gasteiger partial charge < -0.3 is 10.1 Å². The second kappa shape index (κ2) is 5.31. The van der Waals surface area contributed by atoms with E-state index < -0.39 is 0 Å². The molecule has 1 aromatic rings. The van der Waals surface area contributed by atoms with E-state index in [1.165, 1.54) is 5.56 Å². The molecular weight excluding hydrogens is 222 g/mol. The van der Waals surface area contributed by atoms with Crippen LogP contribution in [-0.2, 0) is 6.42 Å². The molecule has 2 atom stereocenters. The first-order valence-electron chi connectivity index (χ1n) is 6.91. The highest BCUT2D eigenvalue weighted by Gasteiger charge is 2.22. The Balaban J connectivity index is 1.99. The molecule has 2 heteroatoms. The Morgan fingerprint density at radius 1 is 1.33 bits per heavy atom. The van der Waals surface area contributed by atoms with Crippen molar-refractivity contribution in [1.29, 1.82) is 0 Å². The average Bonchev–Trinajstić information content (AvgIpc) is 2.62. The third-order valence-corrected chi connectivity index (χ3v) is 3.25. The summed E-state index contributed by atoms with van der Waals surface area (Å²) in [5.74, 6) is 1.01. The van der Waals surface area contributed by atoms with Crippen LogP contribution in [-0.4, -0.2) is 18.7 Å². The van der Waals surface area contributed by atoms with Crippen LogP contribution in [0.5, 0.6) is 5.75 Å². The van der Waals surface area contributed by atoms with Gasteiger partial charge in [-0.1, -0.05) is 32.9 Å². The topological polar surface area (TPSA) is 21.3 Å². The predicted octanol–water partition coefficient (Wildman–Crippen LogP) is 3.40. The van der Waals surface area contributed by atoms with Gasteiger partial charge in [-0.15, -0.1) is 0 Å². The number of rotatable bonds is 3. The van der Waals surface area contributed by atoms with Crippen LogP contribution < -0.4 is 10.1 Å². The van der Waals surface area contributed by atoms with Crippen molar-refractivity contribution in [1.82, 2.24) is 5.32 Å². The molecule has 100 valence electrons. The summed E-state index contributed by atoms with van der Waals surface area (Å²) in [5, 5.41) is 3.42. The van der Waals surface area contributed by atoms with Gasteiger partial charge in [-0.25, -0.2) is 0 Å². The molecule has 1 aliphatic rings. The van der Waals surface area contributed by atoms with Gasteiger partial charge in [-0.3, -0.25) is 0 Å². The van der Waals surface area contributed by atoms with E-state index >= 15 is 0 Å². The van der Waals surface area contributed by atoms with Crippen molar-refractivity contribution in [2.45, 2.75) is 52.7 Å². The lowest BCUT2D eigenvalue weighted by Crippen LogP contribution is -2.20. The molecule has 1 aliphatic heterocycles. The van der Waals surface area contributed by atoms with Crippen LogP contribution in [0.15, 0.2) is 24.3 Å². The molecule has 0 aromatic heterocycles. The Morgan fingerprint density at radius 3 is 2.72 bits per heavy atom. The van der Waals surface area contributed by atoms with Crippen molar-refractivity contribution in [2.75, 3.05) is 6.54 Å². The lowest BCUT2D eigenvalue weighted by molar-refractivity contribution is 0.220. The fraction of sp³-hybridized carbons (Fsp3) is 0.625. The molecule has 0 amide bonds. The molecule has 2 unspecified atom stereocenters. The summed E-state index contributed by atoms with van der Waals surface area (Å²) >= 11 is 0. The van der Waals surface area contributed by atoms with E-state index in [4.69, 9.17) is 4.74 Å². The molecule has 2 nitrogen and oxygen atoms in total. The van der Waals surface area contributed by atoms with Gasteiger partial charge in [0.1, 0.15) is 11.9 Å². The Bertz CT molecular complexity index is 394. The summed E-state index contributed by atoms with van der Waals surface area (Å²) in [5.41, 5.74) is 1.68. The maximum absolute atomic E-state index is 6.04. The zero-order chi connectivity index (χ0) is 13.2. The van der Waals surface area contributed by atoms with Gasteiger partial charge in [0.25, 0.3) is 0 Å². The van der Waals surface area contributed by atoms with Gasteiger partial charge in [-0.05, 0) is 36.5 Å². The maximum atomic E-state index is 6.04. The van der Waals surface area contributed by atoms with Crippen molar-refractivity contribution >= 4 is 0 Å². The fourth-order valence-electron chi connectivity index (χ4n) is 2.52. The van der Waals surface area contributed by atoms with Crippen LogP contribution in [0.2, 0.25) is 0 Å². The summed E-state index contributed by atoms with van der Waals surface area (Å²) in [6.45, 7) is 9.97. The highest BCUT2D eigenvalue weighted by atomic mass is 16.5. The number of benzene rings is 1. The SMILES string of the molecule is CC1CC(Oc2cccc(CC(C)(C)C)c2)CN1. The lowest BCUT2D eigenvalue weighted by atomic mass is 9.88. The van der Waals surface area contributed by atoms with E-state index in [-0.39, 0.29) is 0 Å². The van der Waals surface area contributed by atoms with Crippen molar-refractivity contribution in [2.24, 2.45) is 5.41 Å². The quantitative estimate of drug-likeness (QED) is 0.884. The molecule has 1 fully saturated rings. The van der Waals surface area contributed by atoms with E-state index in [0.717, 1.165) is 25.1 Å². The molecule has 2 rings (SSSR count).